The standard InChI is InChI=1S/C30H30Cl2N4O4/c31-23-11-10-20(17-24(23)32)35-30(40)22(14-15-33)28-21-9-5-4-8-19(21)16-25(29(34)39)36(28)27(38)13-12-26(37)18-6-2-1-3-7-18/h1-11,17,22,25,28H,12-16,33H2,(H2,34,39)(H,35,40)/t22-,25?,28?/m0/s1. The number of nitrogens with one attached hydrogen (secondary N) is 1. The molecule has 3 amide bonds. The Bertz CT molecular complexity index is 1420. The van der Waals surface area contributed by atoms with E-state index in [1.165, 1.54) is 11.0 Å². The van der Waals surface area contributed by atoms with Gasteiger partial charge >= 0.3 is 0 Å². The number of carbonyl (C=O) groups excluding carboxylic acids is 4. The Labute approximate surface area is 242 Å². The van der Waals surface area contributed by atoms with E-state index < -0.39 is 35.7 Å². The van der Waals surface area contributed by atoms with Crippen molar-refractivity contribution in [2.75, 3.05) is 11.9 Å². The summed E-state index contributed by atoms with van der Waals surface area (Å²) in [6, 6.07) is 18.9. The van der Waals surface area contributed by atoms with E-state index >= 15 is 0 Å². The number of ketones is 1. The number of fused-ring (bicyclic) bond motifs is 1. The lowest BCUT2D eigenvalue weighted by Gasteiger charge is -2.45. The highest BCUT2D eigenvalue weighted by Crippen LogP contribution is 2.40. The molecule has 1 heterocycles. The van der Waals surface area contributed by atoms with Gasteiger partial charge < -0.3 is 21.7 Å². The second-order valence-electron chi connectivity index (χ2n) is 9.66. The van der Waals surface area contributed by atoms with Gasteiger partial charge in [-0.1, -0.05) is 77.8 Å². The first kappa shape index (κ1) is 29.3. The van der Waals surface area contributed by atoms with Gasteiger partial charge in [0, 0.05) is 30.5 Å². The maximum Gasteiger partial charge on any atom is 0.240 e. The fourth-order valence-corrected chi connectivity index (χ4v) is 5.47. The van der Waals surface area contributed by atoms with E-state index in [0.717, 1.165) is 11.1 Å². The fraction of sp³-hybridized carbons (Fsp3) is 0.267. The van der Waals surface area contributed by atoms with Gasteiger partial charge in [-0.3, -0.25) is 19.2 Å². The number of Topliss-reactive ketones (excluding diaryl/α,β-unsaturated/α-hetero) is 1. The number of carbonyl (C=O) groups is 4. The maximum absolute atomic E-state index is 13.8. The number of hydrogen-bond acceptors (Lipinski definition) is 5. The number of primary amides is 1. The van der Waals surface area contributed by atoms with Gasteiger partial charge in [0.15, 0.2) is 5.78 Å². The maximum atomic E-state index is 13.8. The molecule has 1 aliphatic rings. The van der Waals surface area contributed by atoms with Crippen molar-refractivity contribution in [1.29, 1.82) is 0 Å². The van der Waals surface area contributed by atoms with Crippen LogP contribution in [0.3, 0.4) is 0 Å². The summed E-state index contributed by atoms with van der Waals surface area (Å²) in [6.45, 7) is 0.147. The highest BCUT2D eigenvalue weighted by molar-refractivity contribution is 6.42. The Balaban J connectivity index is 1.70. The van der Waals surface area contributed by atoms with Gasteiger partial charge in [0.2, 0.25) is 17.7 Å². The second kappa shape index (κ2) is 13.1. The van der Waals surface area contributed by atoms with Gasteiger partial charge in [0.05, 0.1) is 22.0 Å². The number of halogens is 2. The zero-order valence-electron chi connectivity index (χ0n) is 21.7. The molecule has 0 aromatic heterocycles. The SMILES string of the molecule is NCC[C@H](C(=O)Nc1ccc(Cl)c(Cl)c1)C1c2ccccc2CC(C(N)=O)N1C(=O)CCC(=O)c1ccccc1. The topological polar surface area (TPSA) is 136 Å². The van der Waals surface area contributed by atoms with Gasteiger partial charge in [0.25, 0.3) is 0 Å². The average molecular weight is 582 g/mol. The van der Waals surface area contributed by atoms with Gasteiger partial charge in [-0.2, -0.15) is 0 Å². The molecule has 5 N–H and O–H groups in total. The van der Waals surface area contributed by atoms with E-state index in [2.05, 4.69) is 5.32 Å². The molecule has 3 aromatic carbocycles. The summed E-state index contributed by atoms with van der Waals surface area (Å²) >= 11 is 12.2. The van der Waals surface area contributed by atoms with E-state index in [1.54, 1.807) is 42.5 Å². The van der Waals surface area contributed by atoms with Crippen LogP contribution in [0.2, 0.25) is 10.0 Å². The molecule has 1 aliphatic heterocycles. The lowest BCUT2D eigenvalue weighted by Crippen LogP contribution is -2.56. The molecule has 0 saturated carbocycles. The van der Waals surface area contributed by atoms with E-state index in [1.807, 2.05) is 24.3 Å². The van der Waals surface area contributed by atoms with Crippen molar-refractivity contribution in [3.63, 3.8) is 0 Å². The van der Waals surface area contributed by atoms with Crippen molar-refractivity contribution < 1.29 is 19.2 Å². The molecule has 0 radical (unpaired) electrons. The summed E-state index contributed by atoms with van der Waals surface area (Å²) in [4.78, 5) is 54.4. The molecule has 0 saturated heterocycles. The van der Waals surface area contributed by atoms with Gasteiger partial charge in [0.1, 0.15) is 6.04 Å². The summed E-state index contributed by atoms with van der Waals surface area (Å²) in [6.07, 6.45) is 0.199. The molecular weight excluding hydrogens is 551 g/mol. The van der Waals surface area contributed by atoms with Crippen LogP contribution in [-0.2, 0) is 20.8 Å². The van der Waals surface area contributed by atoms with Gasteiger partial charge in [-0.15, -0.1) is 0 Å². The van der Waals surface area contributed by atoms with Crippen LogP contribution in [0.4, 0.5) is 5.69 Å². The van der Waals surface area contributed by atoms with Crippen molar-refractivity contribution in [2.24, 2.45) is 17.4 Å². The van der Waals surface area contributed by atoms with Crippen molar-refractivity contribution in [3.8, 4) is 0 Å². The third-order valence-corrected chi connectivity index (χ3v) is 7.82. The monoisotopic (exact) mass is 580 g/mol. The van der Waals surface area contributed by atoms with Crippen molar-refractivity contribution in [1.82, 2.24) is 4.90 Å². The number of rotatable bonds is 10. The minimum atomic E-state index is -1.00. The molecule has 8 nitrogen and oxygen atoms in total. The number of nitrogens with two attached hydrogens (primary N) is 2. The fourth-order valence-electron chi connectivity index (χ4n) is 5.17. The first-order chi connectivity index (χ1) is 19.2. The van der Waals surface area contributed by atoms with E-state index in [9.17, 15) is 19.2 Å². The Kier molecular flexibility index (Phi) is 9.58. The molecule has 2 unspecified atom stereocenters. The molecule has 0 bridgehead atoms. The first-order valence-electron chi connectivity index (χ1n) is 12.9. The molecule has 10 heteroatoms. The molecule has 3 atom stereocenters. The van der Waals surface area contributed by atoms with Gasteiger partial charge in [-0.25, -0.2) is 0 Å². The lowest BCUT2D eigenvalue weighted by atomic mass is 9.79. The summed E-state index contributed by atoms with van der Waals surface area (Å²) in [5, 5.41) is 3.46. The average Bonchev–Trinajstić information content (AvgIpc) is 2.95. The van der Waals surface area contributed by atoms with E-state index in [4.69, 9.17) is 34.7 Å². The molecule has 3 aromatic rings. The van der Waals surface area contributed by atoms with Crippen LogP contribution in [0.25, 0.3) is 0 Å². The molecule has 0 aliphatic carbocycles. The summed E-state index contributed by atoms with van der Waals surface area (Å²) in [5.41, 5.74) is 14.2. The quantitative estimate of drug-likeness (QED) is 0.302. The van der Waals surface area contributed by atoms with Crippen LogP contribution in [0.15, 0.2) is 72.8 Å². The number of nitrogens with zero attached hydrogens (tertiary/aromatic N) is 1. The highest BCUT2D eigenvalue weighted by Gasteiger charge is 2.45. The molecule has 4 rings (SSSR count). The smallest absolute Gasteiger partial charge is 0.240 e. The Morgan fingerprint density at radius 1 is 0.925 bits per heavy atom. The number of hydrogen-bond donors (Lipinski definition) is 3. The summed E-state index contributed by atoms with van der Waals surface area (Å²) in [5.74, 6) is -2.59. The van der Waals surface area contributed by atoms with E-state index in [-0.39, 0.29) is 43.0 Å². The molecule has 208 valence electrons. The second-order valence-corrected chi connectivity index (χ2v) is 10.5. The lowest BCUT2D eigenvalue weighted by molar-refractivity contribution is -0.146. The van der Waals surface area contributed by atoms with Crippen LogP contribution < -0.4 is 16.8 Å². The van der Waals surface area contributed by atoms with Crippen molar-refractivity contribution in [3.05, 3.63) is 99.5 Å². The number of benzene rings is 3. The molecular formula is C30H30Cl2N4O4. The predicted octanol–water partition coefficient (Wildman–Crippen LogP) is 4.54. The van der Waals surface area contributed by atoms with Crippen LogP contribution in [0, 0.1) is 5.92 Å². The zero-order valence-corrected chi connectivity index (χ0v) is 23.2. The largest absolute Gasteiger partial charge is 0.368 e. The third-order valence-electron chi connectivity index (χ3n) is 7.08. The highest BCUT2D eigenvalue weighted by atomic mass is 35.5. The van der Waals surface area contributed by atoms with E-state index in [0.29, 0.717) is 16.3 Å². The van der Waals surface area contributed by atoms with Crippen LogP contribution >= 0.6 is 23.2 Å². The third kappa shape index (κ3) is 6.53. The molecule has 40 heavy (non-hydrogen) atoms. The minimum Gasteiger partial charge on any atom is -0.368 e. The minimum absolute atomic E-state index is 0.0593. The molecule has 0 fully saturated rings. The number of anilines is 1. The summed E-state index contributed by atoms with van der Waals surface area (Å²) in [7, 11) is 0. The Hall–Kier alpha value is -3.72. The molecule has 0 spiro atoms. The summed E-state index contributed by atoms with van der Waals surface area (Å²) < 4.78 is 0. The van der Waals surface area contributed by atoms with Crippen molar-refractivity contribution >= 4 is 52.4 Å². The number of amides is 3. The normalized spacial score (nSPS) is 17.0. The Morgan fingerprint density at radius 3 is 2.30 bits per heavy atom. The Morgan fingerprint density at radius 2 is 1.62 bits per heavy atom. The van der Waals surface area contributed by atoms with Crippen molar-refractivity contribution in [2.45, 2.75) is 37.8 Å². The van der Waals surface area contributed by atoms with Crippen LogP contribution in [0.1, 0.15) is 46.8 Å². The van der Waals surface area contributed by atoms with Crippen LogP contribution in [0.5, 0.6) is 0 Å². The first-order valence-corrected chi connectivity index (χ1v) is 13.7. The zero-order chi connectivity index (χ0) is 28.8. The predicted molar refractivity (Wildman–Crippen MR) is 155 cm³/mol. The van der Waals surface area contributed by atoms with Crippen LogP contribution in [-0.4, -0.2) is 41.0 Å². The van der Waals surface area contributed by atoms with Gasteiger partial charge in [-0.05, 0) is 42.3 Å².